The van der Waals surface area contributed by atoms with Crippen molar-refractivity contribution >= 4 is 22.9 Å². The summed E-state index contributed by atoms with van der Waals surface area (Å²) in [5.41, 5.74) is 0.974. The lowest BCUT2D eigenvalue weighted by molar-refractivity contribution is -0.123. The van der Waals surface area contributed by atoms with Gasteiger partial charge in [0.2, 0.25) is 17.7 Å². The number of fused-ring (bicyclic) bond motifs is 1. The lowest BCUT2D eigenvalue weighted by Gasteiger charge is -2.18. The molecular weight excluding hydrogens is 354 g/mol. The number of hydrogen-bond acceptors (Lipinski definition) is 7. The van der Waals surface area contributed by atoms with Crippen molar-refractivity contribution in [3.63, 3.8) is 0 Å². The van der Waals surface area contributed by atoms with Gasteiger partial charge < -0.3 is 19.6 Å². The summed E-state index contributed by atoms with van der Waals surface area (Å²) in [5, 5.41) is 9.28. The van der Waals surface area contributed by atoms with E-state index in [4.69, 9.17) is 8.94 Å². The molecule has 0 spiro atoms. The van der Waals surface area contributed by atoms with Crippen LogP contribution in [0.3, 0.4) is 0 Å². The monoisotopic (exact) mass is 371 g/mol. The van der Waals surface area contributed by atoms with E-state index in [9.17, 15) is 14.4 Å². The van der Waals surface area contributed by atoms with Gasteiger partial charge >= 0.3 is 5.76 Å². The fourth-order valence-electron chi connectivity index (χ4n) is 3.05. The Bertz CT molecular complexity index is 1050. The molecule has 0 saturated carbocycles. The summed E-state index contributed by atoms with van der Waals surface area (Å²) in [7, 11) is 0. The van der Waals surface area contributed by atoms with Crippen LogP contribution in [0.15, 0.2) is 38.0 Å². The van der Waals surface area contributed by atoms with Crippen molar-refractivity contribution in [1.29, 1.82) is 0 Å². The van der Waals surface area contributed by atoms with Crippen molar-refractivity contribution in [2.45, 2.75) is 31.8 Å². The predicted octanol–water partition coefficient (Wildman–Crippen LogP) is 0.287. The quantitative estimate of drug-likeness (QED) is 0.658. The normalized spacial score (nSPS) is 17.0. The molecule has 10 heteroatoms. The highest BCUT2D eigenvalue weighted by atomic mass is 16.5. The second kappa shape index (κ2) is 7.06. The average Bonchev–Trinajstić information content (AvgIpc) is 3.25. The van der Waals surface area contributed by atoms with Crippen LogP contribution in [0.5, 0.6) is 0 Å². The molecule has 0 aliphatic carbocycles. The molecule has 1 atom stereocenters. The average molecular weight is 371 g/mol. The molecule has 27 heavy (non-hydrogen) atoms. The minimum Gasteiger partial charge on any atom is -0.408 e. The Kier molecular flexibility index (Phi) is 4.45. The molecule has 1 aliphatic rings. The van der Waals surface area contributed by atoms with Crippen LogP contribution >= 0.6 is 0 Å². The summed E-state index contributed by atoms with van der Waals surface area (Å²) in [6.07, 6.45) is 1.06. The molecule has 1 aromatic carbocycles. The molecule has 4 rings (SSSR count). The van der Waals surface area contributed by atoms with Crippen LogP contribution in [0.1, 0.15) is 30.5 Å². The third kappa shape index (κ3) is 3.59. The lowest BCUT2D eigenvalue weighted by atomic mass is 9.97. The number of amides is 2. The maximum Gasteiger partial charge on any atom is 0.420 e. The van der Waals surface area contributed by atoms with Crippen molar-refractivity contribution in [3.8, 4) is 0 Å². The van der Waals surface area contributed by atoms with Crippen molar-refractivity contribution < 1.29 is 18.5 Å². The first-order valence-electron chi connectivity index (χ1n) is 8.54. The number of rotatable bonds is 5. The van der Waals surface area contributed by atoms with E-state index >= 15 is 0 Å². The second-order valence-corrected chi connectivity index (χ2v) is 6.28. The molecule has 3 heterocycles. The van der Waals surface area contributed by atoms with E-state index in [1.807, 2.05) is 0 Å². The number of piperidine rings is 1. The Hall–Kier alpha value is -3.43. The molecule has 1 saturated heterocycles. The van der Waals surface area contributed by atoms with Crippen LogP contribution in [-0.2, 0) is 22.7 Å². The van der Waals surface area contributed by atoms with Gasteiger partial charge in [-0.3, -0.25) is 14.2 Å². The van der Waals surface area contributed by atoms with E-state index in [-0.39, 0.29) is 36.7 Å². The number of benzene rings is 1. The molecule has 0 bridgehead atoms. The molecule has 2 amide bonds. The molecule has 2 N–H and O–H groups in total. The molecule has 2 aromatic heterocycles. The van der Waals surface area contributed by atoms with E-state index in [1.165, 1.54) is 4.57 Å². The van der Waals surface area contributed by atoms with E-state index in [2.05, 4.69) is 20.8 Å². The first kappa shape index (κ1) is 17.0. The fraction of sp³-hybridized carbons (Fsp3) is 0.353. The SMILES string of the molecule is O=C1CC(c2noc(CNC(=O)Cn3c(=O)oc4ccccc43)n2)CCN1. The summed E-state index contributed by atoms with van der Waals surface area (Å²) in [6, 6.07) is 6.88. The van der Waals surface area contributed by atoms with Gasteiger partial charge in [0.1, 0.15) is 6.54 Å². The second-order valence-electron chi connectivity index (χ2n) is 6.28. The third-order valence-corrected chi connectivity index (χ3v) is 4.41. The largest absolute Gasteiger partial charge is 0.420 e. The molecule has 0 radical (unpaired) electrons. The highest BCUT2D eigenvalue weighted by Crippen LogP contribution is 2.22. The lowest BCUT2D eigenvalue weighted by Crippen LogP contribution is -2.33. The van der Waals surface area contributed by atoms with Gasteiger partial charge in [0.25, 0.3) is 0 Å². The molecule has 1 unspecified atom stereocenters. The van der Waals surface area contributed by atoms with Crippen LogP contribution in [0.4, 0.5) is 0 Å². The number of para-hydroxylation sites is 2. The zero-order valence-corrected chi connectivity index (χ0v) is 14.3. The first-order valence-corrected chi connectivity index (χ1v) is 8.54. The van der Waals surface area contributed by atoms with Crippen LogP contribution in [0.25, 0.3) is 11.1 Å². The Balaban J connectivity index is 1.37. The van der Waals surface area contributed by atoms with Crippen LogP contribution in [0, 0.1) is 0 Å². The zero-order valence-electron chi connectivity index (χ0n) is 14.3. The van der Waals surface area contributed by atoms with Crippen LogP contribution < -0.4 is 16.4 Å². The Morgan fingerprint density at radius 3 is 3.04 bits per heavy atom. The van der Waals surface area contributed by atoms with Crippen molar-refractivity contribution in [3.05, 3.63) is 46.5 Å². The predicted molar refractivity (Wildman–Crippen MR) is 91.6 cm³/mol. The van der Waals surface area contributed by atoms with Gasteiger partial charge in [-0.2, -0.15) is 4.98 Å². The summed E-state index contributed by atoms with van der Waals surface area (Å²) >= 11 is 0. The Labute approximate surface area is 152 Å². The molecule has 1 aliphatic heterocycles. The number of nitrogens with one attached hydrogen (secondary N) is 2. The zero-order chi connectivity index (χ0) is 18.8. The van der Waals surface area contributed by atoms with E-state index < -0.39 is 5.76 Å². The third-order valence-electron chi connectivity index (χ3n) is 4.41. The highest BCUT2D eigenvalue weighted by molar-refractivity contribution is 5.79. The van der Waals surface area contributed by atoms with Crippen molar-refractivity contribution in [1.82, 2.24) is 25.3 Å². The first-order chi connectivity index (χ1) is 13.1. The van der Waals surface area contributed by atoms with E-state index in [1.54, 1.807) is 24.3 Å². The molecule has 1 fully saturated rings. The van der Waals surface area contributed by atoms with Gasteiger partial charge in [-0.05, 0) is 18.6 Å². The molecular formula is C17H17N5O5. The summed E-state index contributed by atoms with van der Waals surface area (Å²) in [5.74, 6) is -0.395. The molecule has 10 nitrogen and oxygen atoms in total. The minimum atomic E-state index is -0.595. The van der Waals surface area contributed by atoms with Gasteiger partial charge in [0.05, 0.1) is 12.1 Å². The number of aromatic nitrogens is 3. The minimum absolute atomic E-state index is 0.0370. The Morgan fingerprint density at radius 2 is 2.19 bits per heavy atom. The number of nitrogens with zero attached hydrogens (tertiary/aromatic N) is 3. The highest BCUT2D eigenvalue weighted by Gasteiger charge is 2.25. The fourth-order valence-corrected chi connectivity index (χ4v) is 3.05. The summed E-state index contributed by atoms with van der Waals surface area (Å²) in [6.45, 7) is 0.437. The van der Waals surface area contributed by atoms with Gasteiger partial charge in [0.15, 0.2) is 11.4 Å². The van der Waals surface area contributed by atoms with Gasteiger partial charge in [0, 0.05) is 18.9 Å². The van der Waals surface area contributed by atoms with Gasteiger partial charge in [-0.25, -0.2) is 4.79 Å². The van der Waals surface area contributed by atoms with E-state index in [0.29, 0.717) is 29.9 Å². The Morgan fingerprint density at radius 1 is 1.33 bits per heavy atom. The van der Waals surface area contributed by atoms with E-state index in [0.717, 1.165) is 6.42 Å². The smallest absolute Gasteiger partial charge is 0.408 e. The van der Waals surface area contributed by atoms with Gasteiger partial charge in [-0.1, -0.05) is 17.3 Å². The molecule has 3 aromatic rings. The number of hydrogen-bond donors (Lipinski definition) is 2. The number of carbonyl (C=O) groups excluding carboxylic acids is 2. The molecule has 140 valence electrons. The maximum absolute atomic E-state index is 12.2. The standard InChI is InChI=1S/C17H17N5O5/c23-13-7-10(5-6-18-13)16-20-15(27-21-16)8-19-14(24)9-22-11-3-1-2-4-12(11)26-17(22)25/h1-4,10H,5-9H2,(H,18,23)(H,19,24). The van der Waals surface area contributed by atoms with Crippen molar-refractivity contribution in [2.24, 2.45) is 0 Å². The van der Waals surface area contributed by atoms with Crippen LogP contribution in [-0.4, -0.2) is 33.1 Å². The number of oxazole rings is 1. The van der Waals surface area contributed by atoms with Crippen LogP contribution in [0.2, 0.25) is 0 Å². The summed E-state index contributed by atoms with van der Waals surface area (Å²) in [4.78, 5) is 39.8. The van der Waals surface area contributed by atoms with Gasteiger partial charge in [-0.15, -0.1) is 0 Å². The topological polar surface area (TPSA) is 132 Å². The number of carbonyl (C=O) groups is 2. The maximum atomic E-state index is 12.2. The van der Waals surface area contributed by atoms with Crippen molar-refractivity contribution in [2.75, 3.05) is 6.54 Å². The summed E-state index contributed by atoms with van der Waals surface area (Å²) < 4.78 is 11.5.